The van der Waals surface area contributed by atoms with Crippen molar-refractivity contribution in [1.82, 2.24) is 19.8 Å². The lowest BCUT2D eigenvalue weighted by atomic mass is 10.1. The summed E-state index contributed by atoms with van der Waals surface area (Å²) in [6, 6.07) is 1.56. The summed E-state index contributed by atoms with van der Waals surface area (Å²) in [7, 11) is -3.42. The van der Waals surface area contributed by atoms with E-state index in [0.717, 1.165) is 25.8 Å². The quantitative estimate of drug-likeness (QED) is 0.821. The van der Waals surface area contributed by atoms with Gasteiger partial charge in [0.1, 0.15) is 0 Å². The summed E-state index contributed by atoms with van der Waals surface area (Å²) in [5.41, 5.74) is 0. The van der Waals surface area contributed by atoms with E-state index in [-0.39, 0.29) is 11.1 Å². The molecule has 2 N–H and O–H groups in total. The Kier molecular flexibility index (Phi) is 4.36. The van der Waals surface area contributed by atoms with Crippen molar-refractivity contribution in [2.45, 2.75) is 37.3 Å². The third-order valence-electron chi connectivity index (χ3n) is 3.26. The summed E-state index contributed by atoms with van der Waals surface area (Å²) in [5, 5.41) is 9.69. The van der Waals surface area contributed by atoms with Gasteiger partial charge in [-0.25, -0.2) is 8.42 Å². The number of aromatic amines is 1. The minimum absolute atomic E-state index is 0.0481. The van der Waals surface area contributed by atoms with E-state index in [1.165, 1.54) is 12.3 Å². The largest absolute Gasteiger partial charge is 0.315 e. The number of sulfonamides is 1. The predicted molar refractivity (Wildman–Crippen MR) is 68.7 cm³/mol. The summed E-state index contributed by atoms with van der Waals surface area (Å²) < 4.78 is 26.5. The molecule has 1 aliphatic heterocycles. The van der Waals surface area contributed by atoms with Gasteiger partial charge in [-0.2, -0.15) is 9.40 Å². The highest BCUT2D eigenvalue weighted by Crippen LogP contribution is 2.23. The zero-order chi connectivity index (χ0) is 13.0. The first kappa shape index (κ1) is 13.5. The van der Waals surface area contributed by atoms with Crippen molar-refractivity contribution in [2.24, 2.45) is 0 Å². The Morgan fingerprint density at radius 1 is 1.56 bits per heavy atom. The summed E-state index contributed by atoms with van der Waals surface area (Å²) in [6.45, 7) is 4.19. The highest BCUT2D eigenvalue weighted by atomic mass is 32.2. The van der Waals surface area contributed by atoms with Crippen LogP contribution in [0.3, 0.4) is 0 Å². The molecule has 1 aromatic rings. The van der Waals surface area contributed by atoms with Gasteiger partial charge >= 0.3 is 0 Å². The van der Waals surface area contributed by atoms with Crippen molar-refractivity contribution < 1.29 is 8.42 Å². The molecule has 1 saturated heterocycles. The molecule has 1 aliphatic rings. The van der Waals surface area contributed by atoms with Crippen LogP contribution in [-0.2, 0) is 10.0 Å². The monoisotopic (exact) mass is 272 g/mol. The van der Waals surface area contributed by atoms with Gasteiger partial charge in [0.15, 0.2) is 5.03 Å². The smallest absolute Gasteiger partial charge is 0.260 e. The second-order valence-electron chi connectivity index (χ2n) is 4.49. The zero-order valence-corrected chi connectivity index (χ0v) is 11.4. The molecule has 0 amide bonds. The summed E-state index contributed by atoms with van der Waals surface area (Å²) in [6.07, 6.45) is 4.40. The number of H-pyrrole nitrogens is 1. The van der Waals surface area contributed by atoms with Crippen molar-refractivity contribution in [2.75, 3.05) is 19.6 Å². The number of hydrogen-bond donors (Lipinski definition) is 2. The molecule has 0 aliphatic carbocycles. The molecule has 1 fully saturated rings. The van der Waals surface area contributed by atoms with Crippen LogP contribution in [0.15, 0.2) is 17.3 Å². The van der Waals surface area contributed by atoms with Crippen molar-refractivity contribution in [1.29, 1.82) is 0 Å². The highest BCUT2D eigenvalue weighted by molar-refractivity contribution is 7.89. The Bertz CT molecular complexity index is 457. The average Bonchev–Trinajstić information content (AvgIpc) is 2.91. The fraction of sp³-hybridized carbons (Fsp3) is 0.727. The van der Waals surface area contributed by atoms with Crippen LogP contribution in [0.1, 0.15) is 26.2 Å². The molecule has 18 heavy (non-hydrogen) atoms. The minimum Gasteiger partial charge on any atom is -0.315 e. The SMILES string of the molecule is CCNCC1CCCCN1S(=O)(=O)c1ccn[nH]1. The molecule has 0 bridgehead atoms. The van der Waals surface area contributed by atoms with Gasteiger partial charge in [-0.05, 0) is 25.5 Å². The molecule has 1 atom stereocenters. The highest BCUT2D eigenvalue weighted by Gasteiger charge is 2.33. The van der Waals surface area contributed by atoms with E-state index in [1.807, 2.05) is 6.92 Å². The first-order valence-electron chi connectivity index (χ1n) is 6.38. The normalized spacial score (nSPS) is 22.2. The predicted octanol–water partition coefficient (Wildman–Crippen LogP) is 0.562. The number of nitrogens with one attached hydrogen (secondary N) is 2. The Balaban J connectivity index is 2.18. The number of nitrogens with zero attached hydrogens (tertiary/aromatic N) is 2. The standard InChI is InChI=1S/C11H20N4O2S/c1-2-12-9-10-5-3-4-8-15(10)18(16,17)11-6-7-13-14-11/h6-7,10,12H,2-5,8-9H2,1H3,(H,13,14). The molecule has 1 unspecified atom stereocenters. The topological polar surface area (TPSA) is 78.1 Å². The number of rotatable bonds is 5. The fourth-order valence-corrected chi connectivity index (χ4v) is 3.91. The lowest BCUT2D eigenvalue weighted by molar-refractivity contribution is 0.246. The van der Waals surface area contributed by atoms with E-state index >= 15 is 0 Å². The molecule has 0 saturated carbocycles. The van der Waals surface area contributed by atoms with Gasteiger partial charge in [0.05, 0.1) is 6.20 Å². The van der Waals surface area contributed by atoms with Crippen LogP contribution in [0.2, 0.25) is 0 Å². The van der Waals surface area contributed by atoms with Crippen molar-refractivity contribution >= 4 is 10.0 Å². The van der Waals surface area contributed by atoms with Crippen LogP contribution in [0.25, 0.3) is 0 Å². The second-order valence-corrected chi connectivity index (χ2v) is 6.35. The lowest BCUT2D eigenvalue weighted by Gasteiger charge is -2.34. The maximum Gasteiger partial charge on any atom is 0.260 e. The van der Waals surface area contributed by atoms with E-state index in [2.05, 4.69) is 15.5 Å². The van der Waals surface area contributed by atoms with Crippen LogP contribution in [0.5, 0.6) is 0 Å². The Hall–Kier alpha value is -0.920. The third kappa shape index (κ3) is 2.73. The first-order chi connectivity index (χ1) is 8.66. The Labute approximate surface area is 108 Å². The number of likely N-dealkylation sites (N-methyl/N-ethyl adjacent to an activating group) is 1. The third-order valence-corrected chi connectivity index (χ3v) is 5.15. The molecule has 2 rings (SSSR count). The van der Waals surface area contributed by atoms with Crippen LogP contribution in [0, 0.1) is 0 Å². The molecule has 0 spiro atoms. The Morgan fingerprint density at radius 2 is 2.39 bits per heavy atom. The second kappa shape index (κ2) is 5.81. The fourth-order valence-electron chi connectivity index (χ4n) is 2.32. The molecular weight excluding hydrogens is 252 g/mol. The molecule has 1 aromatic heterocycles. The van der Waals surface area contributed by atoms with Gasteiger partial charge in [-0.15, -0.1) is 0 Å². The molecule has 7 heteroatoms. The number of hydrogen-bond acceptors (Lipinski definition) is 4. The molecule has 0 aromatic carbocycles. The average molecular weight is 272 g/mol. The van der Waals surface area contributed by atoms with Crippen molar-refractivity contribution in [3.05, 3.63) is 12.3 Å². The number of piperidine rings is 1. The van der Waals surface area contributed by atoms with Gasteiger partial charge < -0.3 is 5.32 Å². The summed E-state index contributed by atoms with van der Waals surface area (Å²) in [5.74, 6) is 0. The van der Waals surface area contributed by atoms with Crippen LogP contribution < -0.4 is 5.32 Å². The van der Waals surface area contributed by atoms with E-state index in [0.29, 0.717) is 13.1 Å². The maximum atomic E-state index is 12.4. The maximum absolute atomic E-state index is 12.4. The molecule has 0 radical (unpaired) electrons. The van der Waals surface area contributed by atoms with E-state index in [1.54, 1.807) is 4.31 Å². The molecule has 2 heterocycles. The van der Waals surface area contributed by atoms with Crippen molar-refractivity contribution in [3.63, 3.8) is 0 Å². The minimum atomic E-state index is -3.42. The van der Waals surface area contributed by atoms with E-state index < -0.39 is 10.0 Å². The molecular formula is C11H20N4O2S. The van der Waals surface area contributed by atoms with Gasteiger partial charge in [-0.3, -0.25) is 5.10 Å². The summed E-state index contributed by atoms with van der Waals surface area (Å²) >= 11 is 0. The lowest BCUT2D eigenvalue weighted by Crippen LogP contribution is -2.48. The molecule has 102 valence electrons. The van der Waals surface area contributed by atoms with Gasteiger partial charge in [0, 0.05) is 19.1 Å². The zero-order valence-electron chi connectivity index (χ0n) is 10.6. The Morgan fingerprint density at radius 3 is 3.06 bits per heavy atom. The number of aromatic nitrogens is 2. The summed E-state index contributed by atoms with van der Waals surface area (Å²) in [4.78, 5) is 0. The van der Waals surface area contributed by atoms with Gasteiger partial charge in [0.2, 0.25) is 0 Å². The van der Waals surface area contributed by atoms with Gasteiger partial charge in [-0.1, -0.05) is 13.3 Å². The molecule has 6 nitrogen and oxygen atoms in total. The first-order valence-corrected chi connectivity index (χ1v) is 7.82. The van der Waals surface area contributed by atoms with E-state index in [9.17, 15) is 8.42 Å². The van der Waals surface area contributed by atoms with Crippen LogP contribution in [0.4, 0.5) is 0 Å². The van der Waals surface area contributed by atoms with Crippen LogP contribution in [-0.4, -0.2) is 48.6 Å². The van der Waals surface area contributed by atoms with E-state index in [4.69, 9.17) is 0 Å². The van der Waals surface area contributed by atoms with Crippen LogP contribution >= 0.6 is 0 Å². The van der Waals surface area contributed by atoms with Crippen molar-refractivity contribution in [3.8, 4) is 0 Å². The van der Waals surface area contributed by atoms with Gasteiger partial charge in [0.25, 0.3) is 10.0 Å².